The molecule has 0 aliphatic carbocycles. The minimum Gasteiger partial charge on any atom is -0.352 e. The van der Waals surface area contributed by atoms with Gasteiger partial charge in [-0.1, -0.05) is 41.9 Å². The maximum atomic E-state index is 12.9. The van der Waals surface area contributed by atoms with Gasteiger partial charge in [-0.15, -0.1) is 0 Å². The molecule has 2 aromatic rings. The van der Waals surface area contributed by atoms with Gasteiger partial charge < -0.3 is 10.2 Å². The summed E-state index contributed by atoms with van der Waals surface area (Å²) in [6.45, 7) is 1.28. The zero-order valence-corrected chi connectivity index (χ0v) is 15.0. The summed E-state index contributed by atoms with van der Waals surface area (Å²) in [5.74, 6) is -0.785. The maximum absolute atomic E-state index is 12.9. The van der Waals surface area contributed by atoms with E-state index >= 15 is 0 Å². The first-order valence-electron chi connectivity index (χ1n) is 8.56. The standard InChI is InChI=1S/C20H20ClFN2O2/c21-18-4-2-1-3-15(18)12-23-20(26)16-11-19(25)24(13-16)10-9-14-5-7-17(22)8-6-14/h1-8,16H,9-13H2,(H,23,26). The minimum atomic E-state index is -0.349. The quantitative estimate of drug-likeness (QED) is 0.844. The Kier molecular flexibility index (Phi) is 5.89. The monoisotopic (exact) mass is 374 g/mol. The number of rotatable bonds is 6. The van der Waals surface area contributed by atoms with Crippen molar-refractivity contribution in [2.24, 2.45) is 5.92 Å². The number of likely N-dealkylation sites (tertiary alicyclic amines) is 1. The van der Waals surface area contributed by atoms with Crippen molar-refractivity contribution in [1.29, 1.82) is 0 Å². The largest absolute Gasteiger partial charge is 0.352 e. The average Bonchev–Trinajstić information content (AvgIpc) is 3.01. The lowest BCUT2D eigenvalue weighted by Crippen LogP contribution is -2.33. The van der Waals surface area contributed by atoms with E-state index in [2.05, 4.69) is 5.32 Å². The summed E-state index contributed by atoms with van der Waals surface area (Å²) < 4.78 is 12.9. The molecule has 6 heteroatoms. The lowest BCUT2D eigenvalue weighted by atomic mass is 10.1. The van der Waals surface area contributed by atoms with E-state index in [0.29, 0.717) is 31.1 Å². The summed E-state index contributed by atoms with van der Waals surface area (Å²) in [6, 6.07) is 13.6. The molecule has 1 aliphatic rings. The van der Waals surface area contributed by atoms with Gasteiger partial charge in [0.25, 0.3) is 0 Å². The van der Waals surface area contributed by atoms with Crippen LogP contribution in [0.4, 0.5) is 4.39 Å². The van der Waals surface area contributed by atoms with Crippen molar-refractivity contribution < 1.29 is 14.0 Å². The fraction of sp³-hybridized carbons (Fsp3) is 0.300. The van der Waals surface area contributed by atoms with Crippen LogP contribution in [0.5, 0.6) is 0 Å². The first-order valence-corrected chi connectivity index (χ1v) is 8.94. The molecule has 2 amide bonds. The zero-order valence-electron chi connectivity index (χ0n) is 14.3. The van der Waals surface area contributed by atoms with Crippen molar-refractivity contribution in [2.75, 3.05) is 13.1 Å². The molecule has 3 rings (SSSR count). The second kappa shape index (κ2) is 8.32. The molecule has 26 heavy (non-hydrogen) atoms. The van der Waals surface area contributed by atoms with Crippen LogP contribution in [0.25, 0.3) is 0 Å². The number of hydrogen-bond acceptors (Lipinski definition) is 2. The Balaban J connectivity index is 1.49. The molecule has 1 atom stereocenters. The number of hydrogen-bond donors (Lipinski definition) is 1. The Morgan fingerprint density at radius 1 is 1.19 bits per heavy atom. The van der Waals surface area contributed by atoms with Gasteiger partial charge in [0.15, 0.2) is 0 Å². The van der Waals surface area contributed by atoms with E-state index in [9.17, 15) is 14.0 Å². The summed E-state index contributed by atoms with van der Waals surface area (Å²) in [4.78, 5) is 26.2. The number of nitrogens with one attached hydrogen (secondary N) is 1. The van der Waals surface area contributed by atoms with Crippen LogP contribution in [-0.2, 0) is 22.6 Å². The highest BCUT2D eigenvalue weighted by Gasteiger charge is 2.33. The van der Waals surface area contributed by atoms with E-state index in [-0.39, 0.29) is 30.0 Å². The van der Waals surface area contributed by atoms with Gasteiger partial charge in [-0.2, -0.15) is 0 Å². The third-order valence-electron chi connectivity index (χ3n) is 4.58. The number of nitrogens with zero attached hydrogens (tertiary/aromatic N) is 1. The van der Waals surface area contributed by atoms with Crippen molar-refractivity contribution >= 4 is 23.4 Å². The van der Waals surface area contributed by atoms with E-state index < -0.39 is 0 Å². The molecule has 1 heterocycles. The number of carbonyl (C=O) groups excluding carboxylic acids is 2. The normalized spacial score (nSPS) is 16.8. The van der Waals surface area contributed by atoms with Gasteiger partial charge in [0.1, 0.15) is 5.82 Å². The first kappa shape index (κ1) is 18.4. The van der Waals surface area contributed by atoms with E-state index in [0.717, 1.165) is 11.1 Å². The highest BCUT2D eigenvalue weighted by molar-refractivity contribution is 6.31. The summed E-state index contributed by atoms with van der Waals surface area (Å²) >= 11 is 6.09. The fourth-order valence-electron chi connectivity index (χ4n) is 3.05. The van der Waals surface area contributed by atoms with Gasteiger partial charge in [0, 0.05) is 31.1 Å². The smallest absolute Gasteiger partial charge is 0.225 e. The van der Waals surface area contributed by atoms with Crippen molar-refractivity contribution in [3.63, 3.8) is 0 Å². The molecular formula is C20H20ClFN2O2. The Labute approximate surface area is 157 Å². The van der Waals surface area contributed by atoms with Crippen LogP contribution in [-0.4, -0.2) is 29.8 Å². The number of halogens is 2. The van der Waals surface area contributed by atoms with Crippen LogP contribution in [0.3, 0.4) is 0 Å². The molecular weight excluding hydrogens is 355 g/mol. The Morgan fingerprint density at radius 3 is 2.65 bits per heavy atom. The Morgan fingerprint density at radius 2 is 1.92 bits per heavy atom. The second-order valence-corrected chi connectivity index (χ2v) is 6.83. The highest BCUT2D eigenvalue weighted by atomic mass is 35.5. The maximum Gasteiger partial charge on any atom is 0.225 e. The Hall–Kier alpha value is -2.40. The van der Waals surface area contributed by atoms with E-state index in [1.165, 1.54) is 12.1 Å². The lowest BCUT2D eigenvalue weighted by Gasteiger charge is -2.16. The van der Waals surface area contributed by atoms with Crippen molar-refractivity contribution in [3.8, 4) is 0 Å². The average molecular weight is 375 g/mol. The number of benzene rings is 2. The van der Waals surface area contributed by atoms with Crippen LogP contribution < -0.4 is 5.32 Å². The fourth-order valence-corrected chi connectivity index (χ4v) is 3.25. The van der Waals surface area contributed by atoms with Crippen LogP contribution in [0.1, 0.15) is 17.5 Å². The topological polar surface area (TPSA) is 49.4 Å². The van der Waals surface area contributed by atoms with Crippen molar-refractivity contribution in [2.45, 2.75) is 19.4 Å². The summed E-state index contributed by atoms with van der Waals surface area (Å²) in [5.41, 5.74) is 1.81. The number of amides is 2. The highest BCUT2D eigenvalue weighted by Crippen LogP contribution is 2.20. The van der Waals surface area contributed by atoms with Crippen molar-refractivity contribution in [1.82, 2.24) is 10.2 Å². The minimum absolute atomic E-state index is 0.0231. The van der Waals surface area contributed by atoms with E-state index in [1.807, 2.05) is 18.2 Å². The van der Waals surface area contributed by atoms with Crippen LogP contribution in [0.2, 0.25) is 5.02 Å². The molecule has 0 spiro atoms. The molecule has 0 bridgehead atoms. The molecule has 4 nitrogen and oxygen atoms in total. The van der Waals surface area contributed by atoms with Gasteiger partial charge in [0.2, 0.25) is 11.8 Å². The molecule has 136 valence electrons. The molecule has 2 aromatic carbocycles. The van der Waals surface area contributed by atoms with Gasteiger partial charge in [-0.25, -0.2) is 4.39 Å². The molecule has 1 unspecified atom stereocenters. The van der Waals surface area contributed by atoms with E-state index in [4.69, 9.17) is 11.6 Å². The predicted molar refractivity (Wildman–Crippen MR) is 98.1 cm³/mol. The SMILES string of the molecule is O=C(NCc1ccccc1Cl)C1CC(=O)N(CCc2ccc(F)cc2)C1. The predicted octanol–water partition coefficient (Wildman–Crippen LogP) is 3.19. The van der Waals surface area contributed by atoms with E-state index in [1.54, 1.807) is 23.1 Å². The molecule has 1 saturated heterocycles. The summed E-state index contributed by atoms with van der Waals surface area (Å²) in [7, 11) is 0. The molecule has 1 fully saturated rings. The van der Waals surface area contributed by atoms with Gasteiger partial charge in [-0.3, -0.25) is 9.59 Å². The summed E-state index contributed by atoms with van der Waals surface area (Å²) in [5, 5.41) is 3.47. The summed E-state index contributed by atoms with van der Waals surface area (Å²) in [6.07, 6.45) is 0.859. The van der Waals surface area contributed by atoms with Gasteiger partial charge >= 0.3 is 0 Å². The third-order valence-corrected chi connectivity index (χ3v) is 4.95. The van der Waals surface area contributed by atoms with Crippen LogP contribution >= 0.6 is 11.6 Å². The second-order valence-electron chi connectivity index (χ2n) is 6.43. The van der Waals surface area contributed by atoms with Gasteiger partial charge in [0.05, 0.1) is 5.92 Å². The molecule has 0 aromatic heterocycles. The molecule has 0 radical (unpaired) electrons. The van der Waals surface area contributed by atoms with Crippen LogP contribution in [0.15, 0.2) is 48.5 Å². The first-order chi connectivity index (χ1) is 12.5. The van der Waals surface area contributed by atoms with Crippen molar-refractivity contribution in [3.05, 3.63) is 70.5 Å². The Bertz CT molecular complexity index is 795. The lowest BCUT2D eigenvalue weighted by molar-refractivity contribution is -0.129. The molecule has 1 N–H and O–H groups in total. The van der Waals surface area contributed by atoms with Crippen LogP contribution in [0, 0.1) is 11.7 Å². The van der Waals surface area contributed by atoms with Gasteiger partial charge in [-0.05, 0) is 35.7 Å². The zero-order chi connectivity index (χ0) is 18.5. The third kappa shape index (κ3) is 4.61. The number of carbonyl (C=O) groups is 2. The molecule has 0 saturated carbocycles. The molecule has 1 aliphatic heterocycles.